The summed E-state index contributed by atoms with van der Waals surface area (Å²) < 4.78 is 27.5. The van der Waals surface area contributed by atoms with Crippen LogP contribution in [0.25, 0.3) is 0 Å². The van der Waals surface area contributed by atoms with Crippen molar-refractivity contribution in [3.8, 4) is 0 Å². The monoisotopic (exact) mass is 343 g/mol. The minimum atomic E-state index is -3.52. The van der Waals surface area contributed by atoms with Crippen molar-refractivity contribution in [2.24, 2.45) is 0 Å². The second kappa shape index (κ2) is 6.81. The van der Waals surface area contributed by atoms with Crippen LogP contribution in [0.2, 0.25) is 0 Å². The van der Waals surface area contributed by atoms with Crippen LogP contribution < -0.4 is 4.31 Å². The maximum atomic E-state index is 12.8. The largest absolute Gasteiger partial charge is 0.273 e. The fraction of sp³-hybridized carbons (Fsp3) is 0.333. The Balaban J connectivity index is 2.42. The van der Waals surface area contributed by atoms with Gasteiger partial charge >= 0.3 is 0 Å². The van der Waals surface area contributed by atoms with Gasteiger partial charge in [0.2, 0.25) is 0 Å². The lowest BCUT2D eigenvalue weighted by Gasteiger charge is -2.23. The Hall–Kier alpha value is -1.04. The molecule has 1 aromatic carbocycles. The lowest BCUT2D eigenvalue weighted by Crippen LogP contribution is -2.30. The van der Waals surface area contributed by atoms with E-state index in [-0.39, 0.29) is 0 Å². The molecule has 0 amide bonds. The molecule has 2 aromatic rings. The van der Waals surface area contributed by atoms with Crippen LogP contribution >= 0.6 is 22.9 Å². The summed E-state index contributed by atoms with van der Waals surface area (Å²) in [6, 6.07) is 11.0. The molecule has 114 valence electrons. The van der Waals surface area contributed by atoms with Gasteiger partial charge in [0.25, 0.3) is 10.0 Å². The predicted molar refractivity (Wildman–Crippen MR) is 90.1 cm³/mol. The van der Waals surface area contributed by atoms with Crippen molar-refractivity contribution in [3.05, 3.63) is 46.8 Å². The topological polar surface area (TPSA) is 37.4 Å². The summed E-state index contributed by atoms with van der Waals surface area (Å²) >= 11 is 7.01. The van der Waals surface area contributed by atoms with Gasteiger partial charge in [0, 0.05) is 17.3 Å². The lowest BCUT2D eigenvalue weighted by molar-refractivity contribution is 0.594. The Morgan fingerprint density at radius 1 is 1.19 bits per heavy atom. The molecule has 0 bridgehead atoms. The number of anilines is 1. The first-order valence-corrected chi connectivity index (χ1v) is 9.53. The molecule has 0 saturated heterocycles. The van der Waals surface area contributed by atoms with E-state index in [1.54, 1.807) is 6.07 Å². The number of rotatable bonds is 6. The van der Waals surface area contributed by atoms with Gasteiger partial charge in [-0.15, -0.1) is 22.9 Å². The second-order valence-electron chi connectivity index (χ2n) is 4.62. The van der Waals surface area contributed by atoms with Crippen LogP contribution in [-0.2, 0) is 16.4 Å². The number of thiophene rings is 1. The van der Waals surface area contributed by atoms with E-state index in [9.17, 15) is 8.42 Å². The quantitative estimate of drug-likeness (QED) is 0.742. The minimum Gasteiger partial charge on any atom is -0.266 e. The zero-order valence-electron chi connectivity index (χ0n) is 12.0. The van der Waals surface area contributed by atoms with Gasteiger partial charge in [0.05, 0.1) is 5.69 Å². The molecule has 0 atom stereocenters. The molecular weight excluding hydrogens is 326 g/mol. The van der Waals surface area contributed by atoms with E-state index in [0.29, 0.717) is 23.1 Å². The van der Waals surface area contributed by atoms with Crippen LogP contribution in [0.3, 0.4) is 0 Å². The molecule has 0 aliphatic rings. The molecule has 2 rings (SSSR count). The van der Waals surface area contributed by atoms with Crippen molar-refractivity contribution in [2.75, 3.05) is 16.7 Å². The first-order chi connectivity index (χ1) is 10.0. The maximum Gasteiger partial charge on any atom is 0.273 e. The Kier molecular flexibility index (Phi) is 5.30. The summed E-state index contributed by atoms with van der Waals surface area (Å²) in [5.74, 6) is 0.495. The SMILES string of the molecule is CCN(c1ccccc1C)S(=O)(=O)c1ccc(CCCl)s1. The van der Waals surface area contributed by atoms with Gasteiger partial charge < -0.3 is 0 Å². The Bertz CT molecular complexity index is 710. The number of hydrogen-bond acceptors (Lipinski definition) is 3. The molecule has 0 N–H and O–H groups in total. The van der Waals surface area contributed by atoms with E-state index in [1.165, 1.54) is 15.6 Å². The Labute approximate surface area is 135 Å². The van der Waals surface area contributed by atoms with E-state index >= 15 is 0 Å². The normalized spacial score (nSPS) is 11.6. The zero-order valence-corrected chi connectivity index (χ0v) is 14.4. The van der Waals surface area contributed by atoms with E-state index < -0.39 is 10.0 Å². The Morgan fingerprint density at radius 3 is 2.52 bits per heavy atom. The molecule has 0 radical (unpaired) electrons. The smallest absolute Gasteiger partial charge is 0.266 e. The number of nitrogens with zero attached hydrogens (tertiary/aromatic N) is 1. The summed E-state index contributed by atoms with van der Waals surface area (Å²) in [5, 5.41) is 0. The molecule has 21 heavy (non-hydrogen) atoms. The van der Waals surface area contributed by atoms with Crippen molar-refractivity contribution < 1.29 is 8.42 Å². The van der Waals surface area contributed by atoms with Gasteiger partial charge in [0.15, 0.2) is 0 Å². The van der Waals surface area contributed by atoms with Crippen molar-refractivity contribution in [1.82, 2.24) is 0 Å². The number of hydrogen-bond donors (Lipinski definition) is 0. The van der Waals surface area contributed by atoms with Gasteiger partial charge in [-0.05, 0) is 44.0 Å². The van der Waals surface area contributed by atoms with Crippen molar-refractivity contribution in [3.63, 3.8) is 0 Å². The number of alkyl halides is 1. The lowest BCUT2D eigenvalue weighted by atomic mass is 10.2. The summed E-state index contributed by atoms with van der Waals surface area (Å²) in [5.41, 5.74) is 1.67. The number of para-hydroxylation sites is 1. The van der Waals surface area contributed by atoms with Crippen LogP contribution in [0.1, 0.15) is 17.4 Å². The van der Waals surface area contributed by atoms with Crippen LogP contribution in [0.5, 0.6) is 0 Å². The first-order valence-electron chi connectivity index (χ1n) is 6.73. The predicted octanol–water partition coefficient (Wildman–Crippen LogP) is 4.05. The zero-order chi connectivity index (χ0) is 15.5. The molecule has 0 spiro atoms. The molecule has 0 aliphatic heterocycles. The van der Waals surface area contributed by atoms with Gasteiger partial charge in [-0.2, -0.15) is 0 Å². The van der Waals surface area contributed by atoms with E-state index in [0.717, 1.165) is 16.1 Å². The average Bonchev–Trinajstić information content (AvgIpc) is 2.91. The molecule has 0 saturated carbocycles. The molecule has 0 aliphatic carbocycles. The fourth-order valence-corrected chi connectivity index (χ4v) is 5.47. The summed E-state index contributed by atoms with van der Waals surface area (Å²) in [7, 11) is -3.52. The summed E-state index contributed by atoms with van der Waals surface area (Å²) in [4.78, 5) is 0.990. The highest BCUT2D eigenvalue weighted by atomic mass is 35.5. The summed E-state index contributed by atoms with van der Waals surface area (Å²) in [6.07, 6.45) is 0.693. The third-order valence-corrected chi connectivity index (χ3v) is 6.88. The third kappa shape index (κ3) is 3.42. The highest BCUT2D eigenvalue weighted by Crippen LogP contribution is 2.30. The number of benzene rings is 1. The van der Waals surface area contributed by atoms with Crippen molar-refractivity contribution >= 4 is 38.6 Å². The minimum absolute atomic E-state index is 0.368. The molecule has 0 fully saturated rings. The maximum absolute atomic E-state index is 12.8. The van der Waals surface area contributed by atoms with Crippen LogP contribution in [0.4, 0.5) is 5.69 Å². The molecule has 1 heterocycles. The van der Waals surface area contributed by atoms with Crippen LogP contribution in [0, 0.1) is 6.92 Å². The molecular formula is C15H18ClNO2S2. The van der Waals surface area contributed by atoms with Crippen molar-refractivity contribution in [1.29, 1.82) is 0 Å². The summed E-state index contributed by atoms with van der Waals surface area (Å²) in [6.45, 7) is 4.16. The number of sulfonamides is 1. The van der Waals surface area contributed by atoms with E-state index in [1.807, 2.05) is 44.2 Å². The van der Waals surface area contributed by atoms with Gasteiger partial charge in [-0.25, -0.2) is 8.42 Å². The number of aryl methyl sites for hydroxylation is 2. The van der Waals surface area contributed by atoms with Crippen LogP contribution in [-0.4, -0.2) is 20.8 Å². The van der Waals surface area contributed by atoms with Crippen LogP contribution in [0.15, 0.2) is 40.6 Å². The molecule has 3 nitrogen and oxygen atoms in total. The van der Waals surface area contributed by atoms with E-state index in [4.69, 9.17) is 11.6 Å². The van der Waals surface area contributed by atoms with Gasteiger partial charge in [-0.3, -0.25) is 4.31 Å². The van der Waals surface area contributed by atoms with Crippen molar-refractivity contribution in [2.45, 2.75) is 24.5 Å². The first kappa shape index (κ1) is 16.3. The second-order valence-corrected chi connectivity index (χ2v) is 8.25. The van der Waals surface area contributed by atoms with Gasteiger partial charge in [0.1, 0.15) is 4.21 Å². The highest BCUT2D eigenvalue weighted by Gasteiger charge is 2.26. The Morgan fingerprint density at radius 2 is 1.90 bits per heavy atom. The molecule has 0 unspecified atom stereocenters. The number of halogens is 1. The molecule has 6 heteroatoms. The molecule has 1 aromatic heterocycles. The third-order valence-electron chi connectivity index (χ3n) is 3.19. The van der Waals surface area contributed by atoms with E-state index in [2.05, 4.69) is 0 Å². The standard InChI is InChI=1S/C15H18ClNO2S2/c1-3-17(14-7-5-4-6-12(14)2)21(18,19)15-9-8-13(20-15)10-11-16/h4-9H,3,10-11H2,1-2H3. The highest BCUT2D eigenvalue weighted by molar-refractivity contribution is 7.94. The van der Waals surface area contributed by atoms with Gasteiger partial charge in [-0.1, -0.05) is 18.2 Å². The fourth-order valence-electron chi connectivity index (χ4n) is 2.15. The average molecular weight is 344 g/mol.